The third-order valence-electron chi connectivity index (χ3n) is 3.43. The third kappa shape index (κ3) is 4.64. The predicted octanol–water partition coefficient (Wildman–Crippen LogP) is 4.91. The van der Waals surface area contributed by atoms with Gasteiger partial charge in [-0.25, -0.2) is 0 Å². The van der Waals surface area contributed by atoms with Crippen LogP contribution in [-0.2, 0) is 0 Å². The van der Waals surface area contributed by atoms with E-state index in [0.29, 0.717) is 12.1 Å². The van der Waals surface area contributed by atoms with Crippen molar-refractivity contribution >= 4 is 21.6 Å². The maximum atomic E-state index is 3.85. The molecule has 0 heterocycles. The van der Waals surface area contributed by atoms with E-state index in [1.54, 1.807) is 0 Å². The van der Waals surface area contributed by atoms with Crippen LogP contribution in [0.2, 0.25) is 0 Å². The topological polar surface area (TPSA) is 15.3 Å². The molecule has 0 fully saturated rings. The summed E-state index contributed by atoms with van der Waals surface area (Å²) < 4.78 is 1.15. The molecule has 1 N–H and O–H groups in total. The Hall–Kier alpha value is -0.800. The summed E-state index contributed by atoms with van der Waals surface area (Å²) in [4.78, 5) is 2.34. The molecule has 0 saturated heterocycles. The lowest BCUT2D eigenvalue weighted by molar-refractivity contribution is 0.570. The van der Waals surface area contributed by atoms with Crippen LogP contribution in [0.4, 0.5) is 5.69 Å². The molecule has 1 unspecified atom stereocenters. The highest BCUT2D eigenvalue weighted by Crippen LogP contribution is 2.30. The Morgan fingerprint density at radius 3 is 2.55 bits per heavy atom. The maximum absolute atomic E-state index is 3.85. The molecule has 0 aliphatic carbocycles. The van der Waals surface area contributed by atoms with Gasteiger partial charge in [0.05, 0.1) is 5.69 Å². The van der Waals surface area contributed by atoms with Crippen LogP contribution >= 0.6 is 15.9 Å². The summed E-state index contributed by atoms with van der Waals surface area (Å²) in [6, 6.07) is 7.47. The average molecular weight is 339 g/mol. The van der Waals surface area contributed by atoms with Crippen LogP contribution in [0.3, 0.4) is 0 Å². The van der Waals surface area contributed by atoms with Crippen LogP contribution in [-0.4, -0.2) is 19.1 Å². The van der Waals surface area contributed by atoms with Crippen molar-refractivity contribution in [1.29, 1.82) is 0 Å². The van der Waals surface area contributed by atoms with Crippen LogP contribution in [0.15, 0.2) is 35.3 Å². The second-order valence-corrected chi connectivity index (χ2v) is 6.28. The van der Waals surface area contributed by atoms with Crippen molar-refractivity contribution in [2.75, 3.05) is 18.0 Å². The first-order valence-corrected chi connectivity index (χ1v) is 8.20. The zero-order chi connectivity index (χ0) is 15.1. The van der Waals surface area contributed by atoms with Gasteiger partial charge in [0.2, 0.25) is 0 Å². The predicted molar refractivity (Wildman–Crippen MR) is 93.5 cm³/mol. The number of nitrogens with zero attached hydrogens (tertiary/aromatic N) is 1. The molecule has 20 heavy (non-hydrogen) atoms. The van der Waals surface area contributed by atoms with Gasteiger partial charge in [-0.05, 0) is 67.4 Å². The van der Waals surface area contributed by atoms with E-state index in [0.717, 1.165) is 24.0 Å². The quantitative estimate of drug-likeness (QED) is 0.677. The Morgan fingerprint density at radius 1 is 1.35 bits per heavy atom. The Kier molecular flexibility index (Phi) is 7.31. The van der Waals surface area contributed by atoms with Crippen LogP contribution in [0, 0.1) is 0 Å². The van der Waals surface area contributed by atoms with Crippen molar-refractivity contribution in [3.63, 3.8) is 0 Å². The number of benzene rings is 1. The second-order valence-electron chi connectivity index (χ2n) is 5.42. The van der Waals surface area contributed by atoms with Crippen LogP contribution in [0.1, 0.15) is 45.7 Å². The van der Waals surface area contributed by atoms with Gasteiger partial charge in [0.25, 0.3) is 0 Å². The summed E-state index contributed by atoms with van der Waals surface area (Å²) in [6.45, 7) is 14.6. The molecule has 0 amide bonds. The fourth-order valence-electron chi connectivity index (χ4n) is 2.23. The lowest BCUT2D eigenvalue weighted by atomic mass is 10.1. The highest BCUT2D eigenvalue weighted by atomic mass is 79.9. The molecule has 0 aliphatic heterocycles. The monoisotopic (exact) mass is 338 g/mol. The minimum atomic E-state index is 0.382. The number of hydrogen-bond acceptors (Lipinski definition) is 2. The molecular formula is C17H27BrN2. The van der Waals surface area contributed by atoms with Crippen molar-refractivity contribution in [3.05, 3.63) is 40.9 Å². The van der Waals surface area contributed by atoms with E-state index < -0.39 is 0 Å². The molecule has 0 radical (unpaired) electrons. The Bertz CT molecular complexity index is 429. The van der Waals surface area contributed by atoms with E-state index in [1.165, 1.54) is 11.3 Å². The lowest BCUT2D eigenvalue weighted by Crippen LogP contribution is -2.31. The minimum Gasteiger partial charge on any atom is -0.364 e. The van der Waals surface area contributed by atoms with E-state index in [9.17, 15) is 0 Å². The second kappa shape index (κ2) is 8.48. The Morgan fingerprint density at radius 2 is 2.05 bits per heavy atom. The highest BCUT2D eigenvalue weighted by molar-refractivity contribution is 9.10. The van der Waals surface area contributed by atoms with E-state index in [2.05, 4.69) is 78.6 Å². The van der Waals surface area contributed by atoms with Crippen molar-refractivity contribution in [2.45, 2.75) is 46.2 Å². The number of halogens is 1. The molecule has 1 atom stereocenters. The average Bonchev–Trinajstić information content (AvgIpc) is 2.42. The van der Waals surface area contributed by atoms with Crippen LogP contribution < -0.4 is 10.2 Å². The summed E-state index contributed by atoms with van der Waals surface area (Å²) >= 11 is 3.72. The molecular weight excluding hydrogens is 312 g/mol. The third-order valence-corrected chi connectivity index (χ3v) is 4.07. The van der Waals surface area contributed by atoms with Gasteiger partial charge in [0.15, 0.2) is 0 Å². The van der Waals surface area contributed by atoms with E-state index >= 15 is 0 Å². The summed E-state index contributed by atoms with van der Waals surface area (Å²) in [5.74, 6) is 0. The highest BCUT2D eigenvalue weighted by Gasteiger charge is 2.14. The zero-order valence-electron chi connectivity index (χ0n) is 13.1. The molecule has 112 valence electrons. The zero-order valence-corrected chi connectivity index (χ0v) is 14.7. The van der Waals surface area contributed by atoms with Gasteiger partial charge < -0.3 is 10.2 Å². The maximum Gasteiger partial charge on any atom is 0.0515 e. The van der Waals surface area contributed by atoms with Gasteiger partial charge in [0, 0.05) is 23.1 Å². The molecule has 0 aliphatic rings. The molecule has 0 bridgehead atoms. The van der Waals surface area contributed by atoms with Crippen molar-refractivity contribution in [1.82, 2.24) is 5.32 Å². The first-order chi connectivity index (χ1) is 9.51. The SMILES string of the molecule is C=CCN(c1ccc(C(C)NCCC)cc1Br)C(C)C. The summed E-state index contributed by atoms with van der Waals surface area (Å²) in [5.41, 5.74) is 2.54. The van der Waals surface area contributed by atoms with E-state index in [4.69, 9.17) is 0 Å². The normalized spacial score (nSPS) is 12.5. The number of rotatable bonds is 8. The van der Waals surface area contributed by atoms with Gasteiger partial charge in [-0.3, -0.25) is 0 Å². The first kappa shape index (κ1) is 17.3. The molecule has 0 aromatic heterocycles. The standard InChI is InChI=1S/C17H27BrN2/c1-6-10-19-14(5)15-8-9-17(16(18)12-15)20(11-7-2)13(3)4/h7-9,12-14,19H,2,6,10-11H2,1,3-5H3. The fourth-order valence-corrected chi connectivity index (χ4v) is 2.85. The first-order valence-electron chi connectivity index (χ1n) is 7.41. The molecule has 1 aromatic carbocycles. The fraction of sp³-hybridized carbons (Fsp3) is 0.529. The Labute approximate surface area is 132 Å². The van der Waals surface area contributed by atoms with Crippen LogP contribution in [0.5, 0.6) is 0 Å². The van der Waals surface area contributed by atoms with E-state index in [1.807, 2.05) is 6.08 Å². The van der Waals surface area contributed by atoms with Gasteiger partial charge in [0.1, 0.15) is 0 Å². The smallest absolute Gasteiger partial charge is 0.0515 e. The van der Waals surface area contributed by atoms with Crippen molar-refractivity contribution < 1.29 is 0 Å². The molecule has 0 saturated carbocycles. The molecule has 1 aromatic rings. The molecule has 1 rings (SSSR count). The van der Waals surface area contributed by atoms with Crippen LogP contribution in [0.25, 0.3) is 0 Å². The van der Waals surface area contributed by atoms with Gasteiger partial charge >= 0.3 is 0 Å². The summed E-state index contributed by atoms with van der Waals surface area (Å²) in [7, 11) is 0. The van der Waals surface area contributed by atoms with E-state index in [-0.39, 0.29) is 0 Å². The minimum absolute atomic E-state index is 0.382. The number of nitrogens with one attached hydrogen (secondary N) is 1. The van der Waals surface area contributed by atoms with Crippen molar-refractivity contribution in [3.8, 4) is 0 Å². The molecule has 2 nitrogen and oxygen atoms in total. The summed E-state index contributed by atoms with van der Waals surface area (Å²) in [6.07, 6.45) is 3.11. The number of anilines is 1. The number of hydrogen-bond donors (Lipinski definition) is 1. The summed E-state index contributed by atoms with van der Waals surface area (Å²) in [5, 5.41) is 3.52. The van der Waals surface area contributed by atoms with Crippen molar-refractivity contribution in [2.24, 2.45) is 0 Å². The van der Waals surface area contributed by atoms with Gasteiger partial charge in [-0.15, -0.1) is 6.58 Å². The van der Waals surface area contributed by atoms with Gasteiger partial charge in [-0.1, -0.05) is 19.1 Å². The largest absolute Gasteiger partial charge is 0.364 e. The lowest BCUT2D eigenvalue weighted by Gasteiger charge is -2.29. The Balaban J connectivity index is 2.94. The molecule has 0 spiro atoms. The molecule has 3 heteroatoms. The van der Waals surface area contributed by atoms with Gasteiger partial charge in [-0.2, -0.15) is 0 Å².